The molecule has 1 aromatic carbocycles. The Labute approximate surface area is 191 Å². The Morgan fingerprint density at radius 3 is 2.69 bits per heavy atom. The fraction of sp³-hybridized carbons (Fsp3) is 0.409. The lowest BCUT2D eigenvalue weighted by atomic mass is 9.98. The van der Waals surface area contributed by atoms with Crippen LogP contribution in [0, 0.1) is 33.6 Å². The minimum Gasteiger partial charge on any atom is -0.339 e. The summed E-state index contributed by atoms with van der Waals surface area (Å²) in [5, 5.41) is 6.86. The SMILES string of the molecule is Cc1ccc(NC(=O)C2CCCN(S(=O)(=O)c3cc(-c4noc(C)n4)sc3C)C2)c(C)c1. The first-order valence-electron chi connectivity index (χ1n) is 10.4. The number of nitrogens with zero attached hydrogens (tertiary/aromatic N) is 3. The smallest absolute Gasteiger partial charge is 0.244 e. The summed E-state index contributed by atoms with van der Waals surface area (Å²) >= 11 is 1.31. The number of aromatic nitrogens is 2. The highest BCUT2D eigenvalue weighted by molar-refractivity contribution is 7.89. The maximum Gasteiger partial charge on any atom is 0.244 e. The minimum atomic E-state index is -3.75. The molecule has 4 rings (SSSR count). The first kappa shape index (κ1) is 22.6. The molecule has 1 saturated heterocycles. The molecule has 1 N–H and O–H groups in total. The molecule has 3 aromatic rings. The van der Waals surface area contributed by atoms with Crippen LogP contribution >= 0.6 is 11.3 Å². The van der Waals surface area contributed by atoms with Gasteiger partial charge in [-0.25, -0.2) is 8.42 Å². The average molecular weight is 475 g/mol. The number of sulfonamides is 1. The quantitative estimate of drug-likeness (QED) is 0.598. The Bertz CT molecular complexity index is 1260. The lowest BCUT2D eigenvalue weighted by Gasteiger charge is -2.31. The van der Waals surface area contributed by atoms with Gasteiger partial charge in [0.15, 0.2) is 0 Å². The van der Waals surface area contributed by atoms with E-state index in [4.69, 9.17) is 4.52 Å². The molecule has 3 heterocycles. The number of hydrogen-bond donors (Lipinski definition) is 1. The Morgan fingerprint density at radius 2 is 2.00 bits per heavy atom. The van der Waals surface area contributed by atoms with Gasteiger partial charge < -0.3 is 9.84 Å². The highest BCUT2D eigenvalue weighted by Gasteiger charge is 2.35. The van der Waals surface area contributed by atoms with E-state index in [1.54, 1.807) is 19.9 Å². The van der Waals surface area contributed by atoms with Crippen molar-refractivity contribution < 1.29 is 17.7 Å². The Kier molecular flexibility index (Phi) is 6.19. The zero-order valence-electron chi connectivity index (χ0n) is 18.5. The van der Waals surface area contributed by atoms with Crippen molar-refractivity contribution in [2.24, 2.45) is 5.92 Å². The first-order chi connectivity index (χ1) is 15.1. The summed E-state index contributed by atoms with van der Waals surface area (Å²) < 4.78 is 33.3. The van der Waals surface area contributed by atoms with Gasteiger partial charge in [0.25, 0.3) is 0 Å². The van der Waals surface area contributed by atoms with Gasteiger partial charge >= 0.3 is 0 Å². The van der Waals surface area contributed by atoms with Crippen molar-refractivity contribution in [3.8, 4) is 10.7 Å². The molecule has 8 nitrogen and oxygen atoms in total. The summed E-state index contributed by atoms with van der Waals surface area (Å²) in [6.45, 7) is 7.95. The summed E-state index contributed by atoms with van der Waals surface area (Å²) in [6.07, 6.45) is 1.28. The molecule has 170 valence electrons. The summed E-state index contributed by atoms with van der Waals surface area (Å²) in [5.74, 6) is 0.241. The van der Waals surface area contributed by atoms with Gasteiger partial charge in [-0.1, -0.05) is 22.9 Å². The molecule has 0 radical (unpaired) electrons. The van der Waals surface area contributed by atoms with Crippen molar-refractivity contribution in [3.05, 3.63) is 46.2 Å². The Balaban J connectivity index is 1.52. The van der Waals surface area contributed by atoms with Gasteiger partial charge in [-0.3, -0.25) is 4.79 Å². The zero-order valence-corrected chi connectivity index (χ0v) is 20.1. The molecule has 1 aliphatic rings. The number of carbonyl (C=O) groups excluding carboxylic acids is 1. The van der Waals surface area contributed by atoms with Gasteiger partial charge in [0.1, 0.15) is 0 Å². The molecular weight excluding hydrogens is 448 g/mol. The van der Waals surface area contributed by atoms with E-state index in [9.17, 15) is 13.2 Å². The normalized spacial score (nSPS) is 17.4. The third-order valence-electron chi connectivity index (χ3n) is 5.63. The number of nitrogens with one attached hydrogen (secondary N) is 1. The average Bonchev–Trinajstić information content (AvgIpc) is 3.36. The van der Waals surface area contributed by atoms with Crippen LogP contribution in [0.2, 0.25) is 0 Å². The highest BCUT2D eigenvalue weighted by atomic mass is 32.2. The molecule has 0 bridgehead atoms. The molecule has 10 heteroatoms. The molecule has 1 aliphatic heterocycles. The fourth-order valence-electron chi connectivity index (χ4n) is 3.93. The van der Waals surface area contributed by atoms with E-state index in [1.165, 1.54) is 15.6 Å². The van der Waals surface area contributed by atoms with Crippen molar-refractivity contribution in [3.63, 3.8) is 0 Å². The largest absolute Gasteiger partial charge is 0.339 e. The molecule has 32 heavy (non-hydrogen) atoms. The number of hydrogen-bond acceptors (Lipinski definition) is 7. The molecule has 1 atom stereocenters. The third kappa shape index (κ3) is 4.48. The first-order valence-corrected chi connectivity index (χ1v) is 12.7. The number of rotatable bonds is 5. The van der Waals surface area contributed by atoms with E-state index in [2.05, 4.69) is 15.5 Å². The van der Waals surface area contributed by atoms with E-state index in [-0.39, 0.29) is 17.3 Å². The van der Waals surface area contributed by atoms with Gasteiger partial charge in [-0.05, 0) is 51.3 Å². The van der Waals surface area contributed by atoms with Gasteiger partial charge in [-0.15, -0.1) is 11.3 Å². The van der Waals surface area contributed by atoms with Crippen molar-refractivity contribution >= 4 is 33.0 Å². The van der Waals surface area contributed by atoms with Gasteiger partial charge in [0.05, 0.1) is 15.7 Å². The predicted octanol–water partition coefficient (Wildman–Crippen LogP) is 4.07. The molecule has 1 amide bonds. The standard InChI is InChI=1S/C22H26N4O4S2/c1-13-7-8-18(14(2)10-13)24-22(27)17-6-5-9-26(12-17)32(28,29)20-11-19(31-15(20)3)21-23-16(4)30-25-21/h7-8,10-11,17H,5-6,9,12H2,1-4H3,(H,24,27). The van der Waals surface area contributed by atoms with Crippen molar-refractivity contribution in [1.29, 1.82) is 0 Å². The van der Waals surface area contributed by atoms with E-state index < -0.39 is 15.9 Å². The topological polar surface area (TPSA) is 105 Å². The molecule has 0 aliphatic carbocycles. The Hall–Kier alpha value is -2.56. The number of piperidine rings is 1. The molecule has 1 fully saturated rings. The van der Waals surface area contributed by atoms with Crippen LogP contribution in [0.1, 0.15) is 34.7 Å². The minimum absolute atomic E-state index is 0.151. The number of thiophene rings is 1. The lowest BCUT2D eigenvalue weighted by Crippen LogP contribution is -2.43. The van der Waals surface area contributed by atoms with Crippen molar-refractivity contribution in [1.82, 2.24) is 14.4 Å². The van der Waals surface area contributed by atoms with Gasteiger partial charge in [-0.2, -0.15) is 9.29 Å². The second-order valence-electron chi connectivity index (χ2n) is 8.18. The second kappa shape index (κ2) is 8.76. The van der Waals surface area contributed by atoms with Crippen LogP contribution in [0.5, 0.6) is 0 Å². The summed E-state index contributed by atoms with van der Waals surface area (Å²) in [5.41, 5.74) is 2.86. The number of benzene rings is 1. The second-order valence-corrected chi connectivity index (χ2v) is 11.3. The van der Waals surface area contributed by atoms with Gasteiger partial charge in [0, 0.05) is 30.6 Å². The summed E-state index contributed by atoms with van der Waals surface area (Å²) in [7, 11) is -3.75. The third-order valence-corrected chi connectivity index (χ3v) is 8.80. The molecule has 1 unspecified atom stereocenters. The summed E-state index contributed by atoms with van der Waals surface area (Å²) in [6, 6.07) is 7.44. The number of anilines is 1. The molecular formula is C22H26N4O4S2. The van der Waals surface area contributed by atoms with Crippen LogP contribution in [0.4, 0.5) is 5.69 Å². The number of amides is 1. The van der Waals surface area contributed by atoms with Crippen LogP contribution in [-0.4, -0.2) is 41.9 Å². The number of aryl methyl sites for hydroxylation is 4. The maximum absolute atomic E-state index is 13.4. The maximum atomic E-state index is 13.4. The fourth-order valence-corrected chi connectivity index (χ4v) is 6.94. The molecule has 0 saturated carbocycles. The van der Waals surface area contributed by atoms with E-state index in [0.717, 1.165) is 16.8 Å². The van der Waals surface area contributed by atoms with Crippen molar-refractivity contribution in [2.75, 3.05) is 18.4 Å². The van der Waals surface area contributed by atoms with E-state index in [0.29, 0.717) is 40.9 Å². The predicted molar refractivity (Wildman–Crippen MR) is 123 cm³/mol. The Morgan fingerprint density at radius 1 is 1.22 bits per heavy atom. The molecule has 2 aromatic heterocycles. The van der Waals surface area contributed by atoms with E-state index in [1.807, 2.05) is 32.0 Å². The van der Waals surface area contributed by atoms with Crippen LogP contribution in [0.25, 0.3) is 10.7 Å². The van der Waals surface area contributed by atoms with Crippen LogP contribution in [0.15, 0.2) is 33.7 Å². The monoisotopic (exact) mass is 474 g/mol. The molecule has 0 spiro atoms. The van der Waals surface area contributed by atoms with Crippen LogP contribution < -0.4 is 5.32 Å². The number of carbonyl (C=O) groups is 1. The van der Waals surface area contributed by atoms with Crippen LogP contribution in [0.3, 0.4) is 0 Å². The van der Waals surface area contributed by atoms with Gasteiger partial charge in [0.2, 0.25) is 27.6 Å². The summed E-state index contributed by atoms with van der Waals surface area (Å²) in [4.78, 5) is 18.6. The van der Waals surface area contributed by atoms with Crippen LogP contribution in [-0.2, 0) is 14.8 Å². The lowest BCUT2D eigenvalue weighted by molar-refractivity contribution is -0.120. The highest BCUT2D eigenvalue weighted by Crippen LogP contribution is 2.35. The van der Waals surface area contributed by atoms with Crippen molar-refractivity contribution in [2.45, 2.75) is 45.4 Å². The zero-order chi connectivity index (χ0) is 23.0. The van der Waals surface area contributed by atoms with E-state index >= 15 is 0 Å².